The highest BCUT2D eigenvalue weighted by Gasteiger charge is 2.11. The molecule has 1 N–H and O–H groups in total. The quantitative estimate of drug-likeness (QED) is 0.723. The lowest BCUT2D eigenvalue weighted by molar-refractivity contribution is -0.150. The van der Waals surface area contributed by atoms with Crippen molar-refractivity contribution >= 4 is 11.9 Å². The summed E-state index contributed by atoms with van der Waals surface area (Å²) in [6, 6.07) is 10.3. The molecule has 0 atom stereocenters. The van der Waals surface area contributed by atoms with E-state index >= 15 is 0 Å². The van der Waals surface area contributed by atoms with Crippen molar-refractivity contribution in [1.29, 1.82) is 0 Å². The van der Waals surface area contributed by atoms with Gasteiger partial charge in [0.05, 0.1) is 0 Å². The van der Waals surface area contributed by atoms with Crippen LogP contribution in [0.2, 0.25) is 0 Å². The topological polar surface area (TPSA) is 64.6 Å². The van der Waals surface area contributed by atoms with E-state index in [9.17, 15) is 14.0 Å². The third kappa shape index (κ3) is 6.40. The zero-order valence-corrected chi connectivity index (χ0v) is 15.8. The average molecular weight is 373 g/mol. The highest BCUT2D eigenvalue weighted by atomic mass is 19.1. The number of amides is 1. The van der Waals surface area contributed by atoms with Gasteiger partial charge in [0, 0.05) is 6.54 Å². The van der Waals surface area contributed by atoms with Crippen molar-refractivity contribution in [2.45, 2.75) is 27.2 Å². The second kappa shape index (κ2) is 9.71. The first-order chi connectivity index (χ1) is 12.9. The summed E-state index contributed by atoms with van der Waals surface area (Å²) < 4.78 is 23.9. The number of nitrogens with one attached hydrogen (secondary N) is 1. The number of carbonyl (C=O) groups is 2. The van der Waals surface area contributed by atoms with E-state index in [-0.39, 0.29) is 19.0 Å². The summed E-state index contributed by atoms with van der Waals surface area (Å²) in [6.07, 6.45) is 0.363. The Kier molecular flexibility index (Phi) is 7.34. The van der Waals surface area contributed by atoms with E-state index in [0.29, 0.717) is 17.7 Å². The highest BCUT2D eigenvalue weighted by molar-refractivity contribution is 5.80. The molecule has 2 rings (SSSR count). The van der Waals surface area contributed by atoms with Crippen LogP contribution in [0.4, 0.5) is 4.39 Å². The summed E-state index contributed by atoms with van der Waals surface area (Å²) in [6.45, 7) is 5.39. The summed E-state index contributed by atoms with van der Waals surface area (Å²) in [4.78, 5) is 23.5. The molecule has 0 fully saturated rings. The van der Waals surface area contributed by atoms with Crippen LogP contribution in [0.25, 0.3) is 0 Å². The number of halogens is 1. The van der Waals surface area contributed by atoms with Crippen molar-refractivity contribution < 1.29 is 23.5 Å². The standard InChI is InChI=1S/C21H24FNO4/c1-14-10-15(2)21(16(3)11-14)27-13-20(25)26-12-19(24)23-9-8-17-6-4-5-7-18(17)22/h4-7,10-11H,8-9,12-13H2,1-3H3,(H,23,24). The van der Waals surface area contributed by atoms with Gasteiger partial charge in [0.25, 0.3) is 5.91 Å². The van der Waals surface area contributed by atoms with Crippen molar-refractivity contribution in [3.63, 3.8) is 0 Å². The molecule has 0 aliphatic heterocycles. The summed E-state index contributed by atoms with van der Waals surface area (Å²) in [5.74, 6) is -0.732. The normalized spacial score (nSPS) is 10.4. The van der Waals surface area contributed by atoms with Crippen molar-refractivity contribution in [2.24, 2.45) is 0 Å². The minimum atomic E-state index is -0.626. The Morgan fingerprint density at radius 2 is 1.70 bits per heavy atom. The number of hydrogen-bond acceptors (Lipinski definition) is 4. The van der Waals surface area contributed by atoms with Crippen LogP contribution < -0.4 is 10.1 Å². The van der Waals surface area contributed by atoms with Gasteiger partial charge < -0.3 is 14.8 Å². The van der Waals surface area contributed by atoms with E-state index in [0.717, 1.165) is 16.7 Å². The van der Waals surface area contributed by atoms with Crippen molar-refractivity contribution in [2.75, 3.05) is 19.8 Å². The summed E-state index contributed by atoms with van der Waals surface area (Å²) in [5, 5.41) is 2.59. The smallest absolute Gasteiger partial charge is 0.344 e. The van der Waals surface area contributed by atoms with Crippen LogP contribution >= 0.6 is 0 Å². The Morgan fingerprint density at radius 3 is 2.37 bits per heavy atom. The van der Waals surface area contributed by atoms with Crippen LogP contribution in [0.3, 0.4) is 0 Å². The maximum Gasteiger partial charge on any atom is 0.344 e. The molecule has 0 saturated heterocycles. The fraction of sp³-hybridized carbons (Fsp3) is 0.333. The van der Waals surface area contributed by atoms with Gasteiger partial charge in [0.15, 0.2) is 13.2 Å². The van der Waals surface area contributed by atoms with Crippen LogP contribution in [0.15, 0.2) is 36.4 Å². The lowest BCUT2D eigenvalue weighted by Crippen LogP contribution is -2.31. The van der Waals surface area contributed by atoms with Gasteiger partial charge in [-0.2, -0.15) is 0 Å². The molecule has 0 radical (unpaired) electrons. The molecular formula is C21H24FNO4. The lowest BCUT2D eigenvalue weighted by atomic mass is 10.1. The Hall–Kier alpha value is -2.89. The number of rotatable bonds is 8. The summed E-state index contributed by atoms with van der Waals surface area (Å²) >= 11 is 0. The Bertz CT molecular complexity index is 797. The molecule has 144 valence electrons. The summed E-state index contributed by atoms with van der Waals surface area (Å²) in [5.41, 5.74) is 3.51. The number of ether oxygens (including phenoxy) is 2. The fourth-order valence-electron chi connectivity index (χ4n) is 2.80. The fourth-order valence-corrected chi connectivity index (χ4v) is 2.80. The third-order valence-corrected chi connectivity index (χ3v) is 3.98. The molecule has 6 heteroatoms. The molecule has 0 saturated carbocycles. The lowest BCUT2D eigenvalue weighted by Gasteiger charge is -2.13. The molecule has 2 aromatic carbocycles. The van der Waals surface area contributed by atoms with E-state index in [4.69, 9.17) is 9.47 Å². The number of esters is 1. The average Bonchev–Trinajstić information content (AvgIpc) is 2.60. The second-order valence-corrected chi connectivity index (χ2v) is 6.37. The highest BCUT2D eigenvalue weighted by Crippen LogP contribution is 2.24. The molecule has 5 nitrogen and oxygen atoms in total. The van der Waals surface area contributed by atoms with E-state index in [1.807, 2.05) is 32.9 Å². The Morgan fingerprint density at radius 1 is 1.04 bits per heavy atom. The van der Waals surface area contributed by atoms with Crippen molar-refractivity contribution in [3.05, 3.63) is 64.5 Å². The van der Waals surface area contributed by atoms with Crippen molar-refractivity contribution in [3.8, 4) is 5.75 Å². The zero-order valence-electron chi connectivity index (χ0n) is 15.8. The minimum absolute atomic E-state index is 0.259. The molecule has 0 aliphatic rings. The van der Waals surface area contributed by atoms with Gasteiger partial charge in [-0.15, -0.1) is 0 Å². The third-order valence-electron chi connectivity index (χ3n) is 3.98. The van der Waals surface area contributed by atoms with E-state index in [2.05, 4.69) is 5.32 Å². The van der Waals surface area contributed by atoms with E-state index < -0.39 is 18.5 Å². The number of aryl methyl sites for hydroxylation is 3. The molecule has 0 heterocycles. The predicted molar refractivity (Wildman–Crippen MR) is 100 cm³/mol. The number of carbonyl (C=O) groups excluding carboxylic acids is 2. The van der Waals surface area contributed by atoms with Crippen LogP contribution in [0, 0.1) is 26.6 Å². The molecule has 0 aromatic heterocycles. The zero-order chi connectivity index (χ0) is 19.8. The molecular weight excluding hydrogens is 349 g/mol. The minimum Gasteiger partial charge on any atom is -0.481 e. The van der Waals surface area contributed by atoms with Gasteiger partial charge in [-0.25, -0.2) is 9.18 Å². The Labute approximate surface area is 158 Å². The molecule has 0 aliphatic carbocycles. The monoisotopic (exact) mass is 373 g/mol. The van der Waals surface area contributed by atoms with Gasteiger partial charge >= 0.3 is 5.97 Å². The summed E-state index contributed by atoms with van der Waals surface area (Å²) in [7, 11) is 0. The predicted octanol–water partition coefficient (Wildman–Crippen LogP) is 3.03. The van der Waals surface area contributed by atoms with Crippen LogP contribution in [0.1, 0.15) is 22.3 Å². The molecule has 2 aromatic rings. The molecule has 0 spiro atoms. The van der Waals surface area contributed by atoms with Gasteiger partial charge in [-0.1, -0.05) is 35.9 Å². The second-order valence-electron chi connectivity index (χ2n) is 6.37. The first-order valence-electron chi connectivity index (χ1n) is 8.73. The van der Waals surface area contributed by atoms with Gasteiger partial charge in [0.1, 0.15) is 11.6 Å². The van der Waals surface area contributed by atoms with E-state index in [1.165, 1.54) is 6.07 Å². The molecule has 27 heavy (non-hydrogen) atoms. The molecule has 1 amide bonds. The first kappa shape index (κ1) is 20.4. The number of hydrogen-bond donors (Lipinski definition) is 1. The first-order valence-corrected chi connectivity index (χ1v) is 8.73. The molecule has 0 unspecified atom stereocenters. The van der Waals surface area contributed by atoms with Gasteiger partial charge in [-0.3, -0.25) is 4.79 Å². The SMILES string of the molecule is Cc1cc(C)c(OCC(=O)OCC(=O)NCCc2ccccc2F)c(C)c1. The molecule has 0 bridgehead atoms. The van der Waals surface area contributed by atoms with Crippen LogP contribution in [-0.4, -0.2) is 31.6 Å². The van der Waals surface area contributed by atoms with Crippen LogP contribution in [0.5, 0.6) is 5.75 Å². The van der Waals surface area contributed by atoms with Gasteiger partial charge in [-0.05, 0) is 49.9 Å². The Balaban J connectivity index is 1.69. The maximum atomic E-state index is 13.5. The van der Waals surface area contributed by atoms with Crippen molar-refractivity contribution in [1.82, 2.24) is 5.32 Å². The van der Waals surface area contributed by atoms with E-state index in [1.54, 1.807) is 18.2 Å². The van der Waals surface area contributed by atoms with Gasteiger partial charge in [0.2, 0.25) is 0 Å². The van der Waals surface area contributed by atoms with Crippen LogP contribution in [-0.2, 0) is 20.7 Å². The largest absolute Gasteiger partial charge is 0.481 e. The number of benzene rings is 2. The maximum absolute atomic E-state index is 13.5.